The number of hydrogen-bond donors (Lipinski definition) is 2. The highest BCUT2D eigenvalue weighted by Gasteiger charge is 2.63. The van der Waals surface area contributed by atoms with E-state index in [1.807, 2.05) is 4.98 Å². The Labute approximate surface area is 165 Å². The second-order valence-corrected chi connectivity index (χ2v) is 6.45. The molecule has 0 bridgehead atoms. The quantitative estimate of drug-likeness (QED) is 0.534. The molecule has 0 radical (unpaired) electrons. The smallest absolute Gasteiger partial charge is 0.330 e. The predicted octanol–water partition coefficient (Wildman–Crippen LogP) is -0.581. The molecule has 1 aliphatic rings. The number of aromatic nitrogens is 2. The third kappa shape index (κ3) is 4.46. The maximum Gasteiger partial charge on any atom is 0.330 e. The fourth-order valence-electron chi connectivity index (χ4n) is 3.03. The molecule has 11 heteroatoms. The molecule has 2 N–H and O–H groups in total. The van der Waals surface area contributed by atoms with E-state index in [4.69, 9.17) is 14.2 Å². The molecule has 29 heavy (non-hydrogen) atoms. The van der Waals surface area contributed by atoms with Crippen LogP contribution < -0.4 is 11.2 Å². The molecule has 2 heterocycles. The number of hydrogen-bond acceptors (Lipinski definition) is 9. The number of rotatable bonds is 8. The Balaban J connectivity index is 2.54. The van der Waals surface area contributed by atoms with Crippen LogP contribution in [0.15, 0.2) is 21.9 Å². The first-order valence-corrected chi connectivity index (χ1v) is 9.26. The van der Waals surface area contributed by atoms with Crippen LogP contribution in [0.4, 0.5) is 0 Å². The maximum atomic E-state index is 12.7. The molecule has 2 rings (SSSR count). The average Bonchev–Trinajstić information content (AvgIpc) is 2.98. The van der Waals surface area contributed by atoms with Crippen molar-refractivity contribution in [2.45, 2.75) is 64.1 Å². The van der Waals surface area contributed by atoms with Gasteiger partial charge in [-0.25, -0.2) is 4.79 Å². The number of carbonyl (C=O) groups is 3. The molecule has 1 aromatic heterocycles. The summed E-state index contributed by atoms with van der Waals surface area (Å²) in [6.45, 7) is 4.17. The van der Waals surface area contributed by atoms with E-state index in [1.54, 1.807) is 6.92 Å². The lowest BCUT2D eigenvalue weighted by Crippen LogP contribution is -2.56. The van der Waals surface area contributed by atoms with Crippen LogP contribution in [-0.2, 0) is 28.6 Å². The van der Waals surface area contributed by atoms with E-state index in [1.165, 1.54) is 13.8 Å². The molecule has 160 valence electrons. The van der Waals surface area contributed by atoms with Gasteiger partial charge in [-0.05, 0) is 0 Å². The number of aliphatic hydroxyl groups is 1. The minimum absolute atomic E-state index is 0.0440. The molecule has 0 saturated carbocycles. The molecule has 0 aliphatic carbocycles. The lowest BCUT2D eigenvalue weighted by Gasteiger charge is -2.32. The Kier molecular flexibility index (Phi) is 7.09. The van der Waals surface area contributed by atoms with Gasteiger partial charge in [0.25, 0.3) is 5.56 Å². The summed E-state index contributed by atoms with van der Waals surface area (Å²) in [5.41, 5.74) is -4.06. The topological polar surface area (TPSA) is 154 Å². The number of esters is 2. The second-order valence-electron chi connectivity index (χ2n) is 6.45. The summed E-state index contributed by atoms with van der Waals surface area (Å²) >= 11 is 0. The average molecular weight is 412 g/mol. The molecule has 0 spiro atoms. The largest absolute Gasteiger partial charge is 0.463 e. The summed E-state index contributed by atoms with van der Waals surface area (Å²) < 4.78 is 16.8. The van der Waals surface area contributed by atoms with Crippen LogP contribution in [0.25, 0.3) is 0 Å². The summed E-state index contributed by atoms with van der Waals surface area (Å²) in [4.78, 5) is 61.8. The second kappa shape index (κ2) is 9.14. The summed E-state index contributed by atoms with van der Waals surface area (Å²) in [7, 11) is 0. The van der Waals surface area contributed by atoms with Gasteiger partial charge in [-0.2, -0.15) is 0 Å². The van der Waals surface area contributed by atoms with Gasteiger partial charge >= 0.3 is 17.6 Å². The zero-order chi connectivity index (χ0) is 21.8. The van der Waals surface area contributed by atoms with Gasteiger partial charge in [-0.1, -0.05) is 20.8 Å². The fraction of sp³-hybridized carbons (Fsp3) is 0.611. The first-order valence-electron chi connectivity index (χ1n) is 9.26. The van der Waals surface area contributed by atoms with Gasteiger partial charge in [0.15, 0.2) is 18.1 Å². The minimum Gasteiger partial charge on any atom is -0.463 e. The van der Waals surface area contributed by atoms with Crippen molar-refractivity contribution in [3.63, 3.8) is 0 Å². The predicted molar refractivity (Wildman–Crippen MR) is 96.9 cm³/mol. The van der Waals surface area contributed by atoms with Gasteiger partial charge in [-0.3, -0.25) is 28.7 Å². The Hall–Kier alpha value is -2.79. The molecule has 1 aromatic rings. The highest BCUT2D eigenvalue weighted by Crippen LogP contribution is 2.41. The molecule has 0 unspecified atom stereocenters. The van der Waals surface area contributed by atoms with E-state index >= 15 is 0 Å². The Morgan fingerprint density at radius 3 is 2.38 bits per heavy atom. The number of ketones is 1. The van der Waals surface area contributed by atoms with E-state index in [0.29, 0.717) is 0 Å². The summed E-state index contributed by atoms with van der Waals surface area (Å²) in [6.07, 6.45) is -3.43. The highest BCUT2D eigenvalue weighted by atomic mass is 16.6. The number of aromatic amines is 1. The first kappa shape index (κ1) is 22.5. The molecule has 1 saturated heterocycles. The van der Waals surface area contributed by atoms with Gasteiger partial charge in [-0.15, -0.1) is 0 Å². The van der Waals surface area contributed by atoms with Gasteiger partial charge in [0.2, 0.25) is 5.60 Å². The van der Waals surface area contributed by atoms with Crippen LogP contribution in [0, 0.1) is 0 Å². The van der Waals surface area contributed by atoms with E-state index in [-0.39, 0.29) is 19.3 Å². The molecular formula is C18H24N2O9. The Bertz CT molecular complexity index is 890. The van der Waals surface area contributed by atoms with Crippen LogP contribution in [0.2, 0.25) is 0 Å². The highest BCUT2D eigenvalue weighted by molar-refractivity contribution is 5.89. The normalized spacial score (nSPS) is 26.1. The fourth-order valence-corrected chi connectivity index (χ4v) is 3.03. The molecule has 1 fully saturated rings. The van der Waals surface area contributed by atoms with Crippen molar-refractivity contribution in [2.75, 3.05) is 6.61 Å². The monoisotopic (exact) mass is 412 g/mol. The van der Waals surface area contributed by atoms with Crippen molar-refractivity contribution < 1.29 is 33.7 Å². The van der Waals surface area contributed by atoms with Crippen LogP contribution in [0.3, 0.4) is 0 Å². The summed E-state index contributed by atoms with van der Waals surface area (Å²) in [5, 5.41) is 11.3. The number of nitrogens with zero attached hydrogens (tertiary/aromatic N) is 1. The minimum atomic E-state index is -2.44. The van der Waals surface area contributed by atoms with Crippen molar-refractivity contribution in [1.82, 2.24) is 9.55 Å². The van der Waals surface area contributed by atoms with E-state index in [2.05, 4.69) is 0 Å². The van der Waals surface area contributed by atoms with Crippen LogP contribution in [0.1, 0.15) is 46.3 Å². The number of carbonyl (C=O) groups excluding carboxylic acids is 3. The summed E-state index contributed by atoms with van der Waals surface area (Å²) in [6, 6.07) is 1.01. The van der Waals surface area contributed by atoms with Crippen molar-refractivity contribution in [3.05, 3.63) is 33.1 Å². The molecule has 1 aliphatic heterocycles. The van der Waals surface area contributed by atoms with Crippen molar-refractivity contribution in [1.29, 1.82) is 0 Å². The van der Waals surface area contributed by atoms with Crippen LogP contribution >= 0.6 is 0 Å². The van der Waals surface area contributed by atoms with Gasteiger partial charge in [0.05, 0.1) is 0 Å². The van der Waals surface area contributed by atoms with E-state index in [9.17, 15) is 29.1 Å². The SMILES string of the molecule is CCC(=O)OC[C@H]1O[C@@H](n2ccc(=O)[nH]c2=O)[C@@](O)(C(=O)CC)[C@@H]1OC(=O)CC. The zero-order valence-corrected chi connectivity index (χ0v) is 16.4. The lowest BCUT2D eigenvalue weighted by molar-refractivity contribution is -0.173. The maximum absolute atomic E-state index is 12.7. The third-order valence-corrected chi connectivity index (χ3v) is 4.57. The van der Waals surface area contributed by atoms with Gasteiger partial charge < -0.3 is 19.3 Å². The Morgan fingerprint density at radius 2 is 1.83 bits per heavy atom. The van der Waals surface area contributed by atoms with Crippen LogP contribution in [-0.4, -0.2) is 56.8 Å². The zero-order valence-electron chi connectivity index (χ0n) is 16.4. The number of ether oxygens (including phenoxy) is 3. The summed E-state index contributed by atoms with van der Waals surface area (Å²) in [5.74, 6) is -2.04. The van der Waals surface area contributed by atoms with E-state index < -0.39 is 59.6 Å². The van der Waals surface area contributed by atoms with E-state index in [0.717, 1.165) is 16.8 Å². The van der Waals surface area contributed by atoms with Crippen LogP contribution in [0.5, 0.6) is 0 Å². The van der Waals surface area contributed by atoms with Crippen molar-refractivity contribution in [2.24, 2.45) is 0 Å². The number of nitrogens with one attached hydrogen (secondary N) is 1. The van der Waals surface area contributed by atoms with Crippen molar-refractivity contribution in [3.8, 4) is 0 Å². The first-order chi connectivity index (χ1) is 13.7. The van der Waals surface area contributed by atoms with Crippen molar-refractivity contribution >= 4 is 17.7 Å². The molecule has 11 nitrogen and oxygen atoms in total. The third-order valence-electron chi connectivity index (χ3n) is 4.57. The molecule has 0 amide bonds. The number of Topliss-reactive ketones (excluding diaryl/α,β-unsaturated/α-hetero) is 1. The Morgan fingerprint density at radius 1 is 1.17 bits per heavy atom. The molecule has 0 aromatic carbocycles. The lowest BCUT2D eigenvalue weighted by atomic mass is 9.87. The molecule has 4 atom stereocenters. The molecular weight excluding hydrogens is 388 g/mol. The number of H-pyrrole nitrogens is 1. The van der Waals surface area contributed by atoms with Gasteiger partial charge in [0, 0.05) is 31.5 Å². The van der Waals surface area contributed by atoms with Gasteiger partial charge in [0.1, 0.15) is 12.7 Å². The standard InChI is InChI=1S/C18H24N2O9/c1-4-11(21)18(26)15(29-14(24)6-3)10(9-27-13(23)5-2)28-16(18)20-8-7-12(22)19-17(20)25/h7-8,10,15-16,26H,4-6,9H2,1-3H3,(H,19,22,25)/t10-,15-,16-,18-/m1/s1.